The number of fused-ring (bicyclic) bond motifs is 3. The number of piperidine rings is 2. The molecule has 2 saturated heterocycles. The van der Waals surface area contributed by atoms with Gasteiger partial charge in [0, 0.05) is 12.6 Å². The van der Waals surface area contributed by atoms with Gasteiger partial charge in [-0.3, -0.25) is 9.69 Å². The van der Waals surface area contributed by atoms with Crippen molar-refractivity contribution in [1.29, 1.82) is 0 Å². The highest BCUT2D eigenvalue weighted by Crippen LogP contribution is 2.47. The number of alkyl halides is 3. The Morgan fingerprint density at radius 2 is 1.61 bits per heavy atom. The first-order valence-electron chi connectivity index (χ1n) is 11.2. The number of carbonyl (C=O) groups excluding carboxylic acids is 1. The maximum Gasteiger partial charge on any atom is 0.416 e. The molecular weight excluding hydrogens is 401 g/mol. The third-order valence-corrected chi connectivity index (χ3v) is 7.37. The molecular formula is C25H27F3N2O. The minimum Gasteiger partial charge on any atom is -0.345 e. The quantitative estimate of drug-likeness (QED) is 0.705. The number of rotatable bonds is 5. The highest BCUT2D eigenvalue weighted by molar-refractivity contribution is 5.84. The van der Waals surface area contributed by atoms with Crippen molar-refractivity contribution >= 4 is 5.91 Å². The molecule has 4 aliphatic rings. The molecule has 0 radical (unpaired) electrons. The van der Waals surface area contributed by atoms with Crippen LogP contribution in [0.3, 0.4) is 0 Å². The molecule has 1 N–H and O–H groups in total. The standard InChI is InChI=1S/C25H27F3N2O/c26-25(27,28)20-10-6-17(7-11-20)16-30-21-12-8-18(9-13-21)22(30)23(31)29-24(14-15-24)19-4-2-1-3-5-19/h1-7,10-11,18,21-22H,8-9,12-16H2,(H,29,31). The third-order valence-electron chi connectivity index (χ3n) is 7.37. The minimum atomic E-state index is -4.33. The fourth-order valence-corrected chi connectivity index (χ4v) is 5.53. The van der Waals surface area contributed by atoms with E-state index in [9.17, 15) is 18.0 Å². The van der Waals surface area contributed by atoms with Gasteiger partial charge in [0.1, 0.15) is 0 Å². The summed E-state index contributed by atoms with van der Waals surface area (Å²) in [6, 6.07) is 15.6. The summed E-state index contributed by atoms with van der Waals surface area (Å²) in [6.07, 6.45) is 1.76. The van der Waals surface area contributed by atoms with Crippen LogP contribution < -0.4 is 5.32 Å². The van der Waals surface area contributed by atoms with E-state index in [0.717, 1.165) is 61.8 Å². The van der Waals surface area contributed by atoms with Gasteiger partial charge in [0.05, 0.1) is 17.1 Å². The molecule has 2 aliphatic carbocycles. The van der Waals surface area contributed by atoms with Gasteiger partial charge in [-0.1, -0.05) is 42.5 Å². The lowest BCUT2D eigenvalue weighted by Gasteiger charge is -2.51. The van der Waals surface area contributed by atoms with Crippen LogP contribution in [0.4, 0.5) is 13.2 Å². The van der Waals surface area contributed by atoms with Gasteiger partial charge in [0.15, 0.2) is 0 Å². The molecule has 2 aromatic carbocycles. The van der Waals surface area contributed by atoms with Crippen molar-refractivity contribution < 1.29 is 18.0 Å². The summed E-state index contributed by atoms with van der Waals surface area (Å²) in [5.41, 5.74) is 1.08. The minimum absolute atomic E-state index is 0.0719. The zero-order chi connectivity index (χ0) is 21.6. The second-order valence-corrected chi connectivity index (χ2v) is 9.32. The lowest BCUT2D eigenvalue weighted by atomic mass is 9.74. The fraction of sp³-hybridized carbons (Fsp3) is 0.480. The van der Waals surface area contributed by atoms with Crippen LogP contribution in [-0.4, -0.2) is 22.9 Å². The number of carbonyl (C=O) groups is 1. The molecule has 0 aromatic heterocycles. The molecule has 2 saturated carbocycles. The van der Waals surface area contributed by atoms with Gasteiger partial charge in [-0.2, -0.15) is 13.2 Å². The number of amides is 1. The van der Waals surface area contributed by atoms with Gasteiger partial charge >= 0.3 is 6.18 Å². The van der Waals surface area contributed by atoms with Crippen molar-refractivity contribution in [3.05, 3.63) is 71.3 Å². The molecule has 0 spiro atoms. The van der Waals surface area contributed by atoms with Gasteiger partial charge in [-0.25, -0.2) is 0 Å². The van der Waals surface area contributed by atoms with Crippen molar-refractivity contribution in [1.82, 2.24) is 10.2 Å². The summed E-state index contributed by atoms with van der Waals surface area (Å²) >= 11 is 0. The van der Waals surface area contributed by atoms with Crippen LogP contribution in [0.1, 0.15) is 55.2 Å². The Morgan fingerprint density at radius 1 is 0.968 bits per heavy atom. The molecule has 1 amide bonds. The Morgan fingerprint density at radius 3 is 2.19 bits per heavy atom. The largest absolute Gasteiger partial charge is 0.416 e. The molecule has 31 heavy (non-hydrogen) atoms. The normalized spacial score (nSPS) is 27.1. The van der Waals surface area contributed by atoms with E-state index >= 15 is 0 Å². The summed E-state index contributed by atoms with van der Waals surface area (Å²) in [4.78, 5) is 15.7. The smallest absolute Gasteiger partial charge is 0.345 e. The zero-order valence-corrected chi connectivity index (χ0v) is 17.4. The summed E-state index contributed by atoms with van der Waals surface area (Å²) in [7, 11) is 0. The lowest BCUT2D eigenvalue weighted by molar-refractivity contribution is -0.137. The van der Waals surface area contributed by atoms with Crippen LogP contribution in [0, 0.1) is 5.92 Å². The van der Waals surface area contributed by atoms with Crippen molar-refractivity contribution in [2.45, 2.75) is 68.9 Å². The Hall–Kier alpha value is -2.34. The summed E-state index contributed by atoms with van der Waals surface area (Å²) < 4.78 is 38.7. The molecule has 2 heterocycles. The predicted molar refractivity (Wildman–Crippen MR) is 112 cm³/mol. The second kappa shape index (κ2) is 7.66. The average Bonchev–Trinajstić information content (AvgIpc) is 3.55. The highest BCUT2D eigenvalue weighted by atomic mass is 19.4. The monoisotopic (exact) mass is 428 g/mol. The van der Waals surface area contributed by atoms with E-state index in [1.165, 1.54) is 0 Å². The fourth-order valence-electron chi connectivity index (χ4n) is 5.53. The Labute approximate surface area is 180 Å². The molecule has 3 nitrogen and oxygen atoms in total. The SMILES string of the molecule is O=C(NC1(c2ccccc2)CC1)C1C2CCC(CC2)N1Cc1ccc(C(F)(F)F)cc1. The Bertz CT molecular complexity index is 929. The van der Waals surface area contributed by atoms with Crippen LogP contribution in [0.15, 0.2) is 54.6 Å². The summed E-state index contributed by atoms with van der Waals surface area (Å²) in [6.45, 7) is 0.510. The molecule has 2 aliphatic heterocycles. The van der Waals surface area contributed by atoms with Crippen molar-refractivity contribution in [3.8, 4) is 0 Å². The molecule has 6 rings (SSSR count). The van der Waals surface area contributed by atoms with Gasteiger partial charge in [-0.15, -0.1) is 0 Å². The zero-order valence-electron chi connectivity index (χ0n) is 17.4. The average molecular weight is 428 g/mol. The number of benzene rings is 2. The first kappa shape index (κ1) is 20.6. The Balaban J connectivity index is 1.35. The maximum atomic E-state index is 13.5. The van der Waals surface area contributed by atoms with Crippen LogP contribution in [0.2, 0.25) is 0 Å². The van der Waals surface area contributed by atoms with Crippen LogP contribution in [-0.2, 0) is 23.1 Å². The van der Waals surface area contributed by atoms with E-state index in [2.05, 4.69) is 22.3 Å². The van der Waals surface area contributed by atoms with Crippen molar-refractivity contribution in [2.24, 2.45) is 5.92 Å². The highest BCUT2D eigenvalue weighted by Gasteiger charge is 2.50. The van der Waals surface area contributed by atoms with Crippen LogP contribution in [0.5, 0.6) is 0 Å². The molecule has 1 atom stereocenters. The number of nitrogens with one attached hydrogen (secondary N) is 1. The number of nitrogens with zero attached hydrogens (tertiary/aromatic N) is 1. The molecule has 6 heteroatoms. The number of hydrogen-bond donors (Lipinski definition) is 1. The third kappa shape index (κ3) is 3.98. The van der Waals surface area contributed by atoms with Crippen molar-refractivity contribution in [2.75, 3.05) is 0 Å². The summed E-state index contributed by atoms with van der Waals surface area (Å²) in [5.74, 6) is 0.383. The topological polar surface area (TPSA) is 32.3 Å². The summed E-state index contributed by atoms with van der Waals surface area (Å²) in [5, 5.41) is 3.35. The molecule has 1 unspecified atom stereocenters. The Kier molecular flexibility index (Phi) is 5.08. The predicted octanol–water partition coefficient (Wildman–Crippen LogP) is 5.25. The van der Waals surface area contributed by atoms with Crippen LogP contribution >= 0.6 is 0 Å². The molecule has 164 valence electrons. The van der Waals surface area contributed by atoms with E-state index in [1.807, 2.05) is 18.2 Å². The van der Waals surface area contributed by atoms with E-state index in [1.54, 1.807) is 12.1 Å². The van der Waals surface area contributed by atoms with Crippen LogP contribution in [0.25, 0.3) is 0 Å². The van der Waals surface area contributed by atoms with E-state index in [-0.39, 0.29) is 17.5 Å². The van der Waals surface area contributed by atoms with Crippen molar-refractivity contribution in [3.63, 3.8) is 0 Å². The first-order valence-corrected chi connectivity index (χ1v) is 11.2. The van der Waals surface area contributed by atoms with Gasteiger partial charge < -0.3 is 5.32 Å². The lowest BCUT2D eigenvalue weighted by Crippen LogP contribution is -2.61. The van der Waals surface area contributed by atoms with E-state index in [4.69, 9.17) is 0 Å². The van der Waals surface area contributed by atoms with Gasteiger partial charge in [-0.05, 0) is 67.7 Å². The maximum absolute atomic E-state index is 13.5. The van der Waals surface area contributed by atoms with E-state index < -0.39 is 11.7 Å². The van der Waals surface area contributed by atoms with E-state index in [0.29, 0.717) is 18.5 Å². The first-order chi connectivity index (χ1) is 14.9. The molecule has 2 aromatic rings. The van der Waals surface area contributed by atoms with Gasteiger partial charge in [0.2, 0.25) is 5.91 Å². The number of halogens is 3. The number of hydrogen-bond acceptors (Lipinski definition) is 2. The van der Waals surface area contributed by atoms with Gasteiger partial charge in [0.25, 0.3) is 0 Å². The second-order valence-electron chi connectivity index (χ2n) is 9.32. The molecule has 2 bridgehead atoms. The molecule has 4 fully saturated rings.